The van der Waals surface area contributed by atoms with Crippen molar-refractivity contribution in [2.45, 2.75) is 12.8 Å². The third-order valence-electron chi connectivity index (χ3n) is 5.54. The molecular formula is C26H40N4O4+2. The van der Waals surface area contributed by atoms with E-state index in [9.17, 15) is 9.59 Å². The van der Waals surface area contributed by atoms with Crippen LogP contribution in [-0.2, 0) is 0 Å². The molecular weight excluding hydrogens is 432 g/mol. The predicted molar refractivity (Wildman–Crippen MR) is 139 cm³/mol. The highest BCUT2D eigenvalue weighted by Crippen LogP contribution is 2.45. The molecule has 0 N–H and O–H groups in total. The van der Waals surface area contributed by atoms with Gasteiger partial charge in [-0.25, -0.2) is 9.59 Å². The number of hydrogen-bond donors (Lipinski definition) is 0. The van der Waals surface area contributed by atoms with Crippen molar-refractivity contribution in [2.75, 3.05) is 70.5 Å². The Bertz CT molecular complexity index is 966. The molecule has 34 heavy (non-hydrogen) atoms. The molecule has 0 saturated heterocycles. The van der Waals surface area contributed by atoms with Crippen molar-refractivity contribution in [3.8, 4) is 11.5 Å². The van der Waals surface area contributed by atoms with E-state index in [4.69, 9.17) is 9.47 Å². The van der Waals surface area contributed by atoms with Gasteiger partial charge < -0.3 is 19.3 Å². The van der Waals surface area contributed by atoms with Gasteiger partial charge in [0.05, 0.1) is 42.3 Å². The van der Waals surface area contributed by atoms with Crippen molar-refractivity contribution in [1.82, 2.24) is 18.8 Å². The quantitative estimate of drug-likeness (QED) is 0.587. The summed E-state index contributed by atoms with van der Waals surface area (Å²) in [5, 5.41) is 0. The second-order valence-electron chi connectivity index (χ2n) is 10.7. The molecule has 186 valence electrons. The summed E-state index contributed by atoms with van der Waals surface area (Å²) < 4.78 is 12.8. The van der Waals surface area contributed by atoms with Crippen molar-refractivity contribution in [3.63, 3.8) is 0 Å². The van der Waals surface area contributed by atoms with Crippen molar-refractivity contribution in [1.29, 1.82) is 0 Å². The number of amides is 2. The van der Waals surface area contributed by atoms with Crippen LogP contribution in [0.15, 0.2) is 36.4 Å². The molecule has 0 radical (unpaired) electrons. The monoisotopic (exact) mass is 472 g/mol. The first kappa shape index (κ1) is 27.1. The molecule has 0 heterocycles. The second-order valence-corrected chi connectivity index (χ2v) is 10.7. The predicted octanol–water partition coefficient (Wildman–Crippen LogP) is 4.35. The number of ether oxygens (including phenoxy) is 2. The lowest BCUT2D eigenvalue weighted by Crippen LogP contribution is -2.37. The molecule has 0 aliphatic rings. The van der Waals surface area contributed by atoms with E-state index in [-0.39, 0.29) is 5.92 Å². The van der Waals surface area contributed by atoms with Crippen molar-refractivity contribution in [3.05, 3.63) is 47.5 Å². The van der Waals surface area contributed by atoms with E-state index < -0.39 is 12.2 Å². The fourth-order valence-electron chi connectivity index (χ4n) is 3.57. The topological polar surface area (TPSA) is 59.1 Å². The Balaban J connectivity index is 2.77. The zero-order chi connectivity index (χ0) is 26.0. The average Bonchev–Trinajstić information content (AvgIpc) is 2.71. The van der Waals surface area contributed by atoms with E-state index in [0.29, 0.717) is 20.5 Å². The van der Waals surface area contributed by atoms with E-state index in [1.165, 1.54) is 9.80 Å². The van der Waals surface area contributed by atoms with Gasteiger partial charge in [-0.3, -0.25) is 8.97 Å². The maximum atomic E-state index is 12.6. The lowest BCUT2D eigenvalue weighted by atomic mass is 9.90. The first-order valence-electron chi connectivity index (χ1n) is 11.2. The summed E-state index contributed by atoms with van der Waals surface area (Å²) in [5.74, 6) is 0.802. The third-order valence-corrected chi connectivity index (χ3v) is 5.54. The molecule has 0 aromatic heterocycles. The van der Waals surface area contributed by atoms with Crippen LogP contribution in [0, 0.1) is 0 Å². The van der Waals surface area contributed by atoms with Gasteiger partial charge in [-0.1, -0.05) is 31.2 Å². The number of quaternary nitrogens is 2. The Labute approximate surface area is 204 Å². The molecule has 0 fully saturated rings. The highest BCUT2D eigenvalue weighted by atomic mass is 16.6. The molecule has 0 aliphatic carbocycles. The summed E-state index contributed by atoms with van der Waals surface area (Å²) >= 11 is 0. The lowest BCUT2D eigenvalue weighted by molar-refractivity contribution is 0.170. The Kier molecular flexibility index (Phi) is 8.01. The van der Waals surface area contributed by atoms with Gasteiger partial charge >= 0.3 is 12.2 Å². The summed E-state index contributed by atoms with van der Waals surface area (Å²) in [5.41, 5.74) is 3.41. The molecule has 0 atom stereocenters. The number of para-hydroxylation sites is 2. The van der Waals surface area contributed by atoms with Crippen LogP contribution >= 0.6 is 0 Å². The van der Waals surface area contributed by atoms with E-state index >= 15 is 0 Å². The highest BCUT2D eigenvalue weighted by Gasteiger charge is 2.31. The molecule has 8 nitrogen and oxygen atoms in total. The molecule has 0 spiro atoms. The average molecular weight is 473 g/mol. The standard InChI is InChI=1S/C26H40N4O4/c1-18(19-14-12-16-21(29(6,7)8)23(19)33-25(31)27(2)3)20-15-13-17-22(30(9,10)11)24(20)34-26(32)28(4)5/h12-18H,1-11H3/q+2. The van der Waals surface area contributed by atoms with Crippen LogP contribution in [0.25, 0.3) is 0 Å². The van der Waals surface area contributed by atoms with Gasteiger partial charge in [0.1, 0.15) is 0 Å². The normalized spacial score (nSPS) is 11.9. The van der Waals surface area contributed by atoms with Crippen molar-refractivity contribution >= 4 is 23.6 Å². The first-order chi connectivity index (χ1) is 15.6. The van der Waals surface area contributed by atoms with Crippen LogP contribution in [0.3, 0.4) is 0 Å². The fourth-order valence-corrected chi connectivity index (χ4v) is 3.57. The summed E-state index contributed by atoms with van der Waals surface area (Å²) in [6.45, 7) is 2.03. The van der Waals surface area contributed by atoms with Crippen LogP contribution in [0.5, 0.6) is 11.5 Å². The molecule has 0 unspecified atom stereocenters. The summed E-state index contributed by atoms with van der Waals surface area (Å²) in [7, 11) is 18.8. The number of carbonyl (C=O) groups excluding carboxylic acids is 2. The molecule has 8 heteroatoms. The smallest absolute Gasteiger partial charge is 0.403 e. The minimum Gasteiger partial charge on any atom is -0.403 e. The Morgan fingerprint density at radius 2 is 1.00 bits per heavy atom. The first-order valence-corrected chi connectivity index (χ1v) is 11.2. The van der Waals surface area contributed by atoms with E-state index in [2.05, 4.69) is 0 Å². The van der Waals surface area contributed by atoms with Gasteiger partial charge in [-0.05, 0) is 0 Å². The molecule has 2 amide bonds. The van der Waals surface area contributed by atoms with Crippen LogP contribution in [-0.4, -0.2) is 92.5 Å². The minimum absolute atomic E-state index is 0.229. The van der Waals surface area contributed by atoms with Crippen LogP contribution < -0.4 is 18.4 Å². The maximum Gasteiger partial charge on any atom is 0.414 e. The van der Waals surface area contributed by atoms with Crippen LogP contribution in [0.1, 0.15) is 24.0 Å². The fraction of sp³-hybridized carbons (Fsp3) is 0.462. The van der Waals surface area contributed by atoms with Gasteiger partial charge in [-0.15, -0.1) is 0 Å². The van der Waals surface area contributed by atoms with Gasteiger partial charge in [0.25, 0.3) is 0 Å². The summed E-state index contributed by atoms with van der Waals surface area (Å²) in [4.78, 5) is 28.0. The zero-order valence-electron chi connectivity index (χ0n) is 22.5. The summed E-state index contributed by atoms with van der Waals surface area (Å²) in [6.07, 6.45) is -0.901. The van der Waals surface area contributed by atoms with Crippen LogP contribution in [0.4, 0.5) is 21.0 Å². The number of rotatable bonds is 6. The molecule has 2 aromatic carbocycles. The molecule has 2 rings (SSSR count). The number of hydrogen-bond acceptors (Lipinski definition) is 4. The largest absolute Gasteiger partial charge is 0.414 e. The van der Waals surface area contributed by atoms with E-state index in [0.717, 1.165) is 22.5 Å². The molecule has 0 saturated carbocycles. The van der Waals surface area contributed by atoms with Gasteiger partial charge in [0, 0.05) is 57.4 Å². The maximum absolute atomic E-state index is 12.6. The summed E-state index contributed by atoms with van der Waals surface area (Å²) in [6, 6.07) is 11.8. The van der Waals surface area contributed by atoms with Crippen LogP contribution in [0.2, 0.25) is 0 Å². The van der Waals surface area contributed by atoms with E-state index in [1.54, 1.807) is 28.2 Å². The molecule has 2 aromatic rings. The SMILES string of the molecule is CC(c1cccc([N+](C)(C)C)c1OC(=O)N(C)C)c1cccc([N+](C)(C)C)c1OC(=O)N(C)C. The van der Waals surface area contributed by atoms with E-state index in [1.807, 2.05) is 85.6 Å². The minimum atomic E-state index is -0.450. The lowest BCUT2D eigenvalue weighted by Gasteiger charge is -2.30. The van der Waals surface area contributed by atoms with Gasteiger partial charge in [-0.2, -0.15) is 0 Å². The molecule has 0 bridgehead atoms. The number of nitrogens with zero attached hydrogens (tertiary/aromatic N) is 4. The Hall–Kier alpha value is -3.10. The number of benzene rings is 2. The highest BCUT2D eigenvalue weighted by molar-refractivity contribution is 5.76. The molecule has 0 aliphatic heterocycles. The second kappa shape index (κ2) is 10.0. The van der Waals surface area contributed by atoms with Gasteiger partial charge in [0.15, 0.2) is 22.9 Å². The number of carbonyl (C=O) groups is 2. The van der Waals surface area contributed by atoms with Crippen molar-refractivity contribution in [2.24, 2.45) is 0 Å². The third kappa shape index (κ3) is 6.07. The zero-order valence-corrected chi connectivity index (χ0v) is 22.5. The van der Waals surface area contributed by atoms with Crippen molar-refractivity contribution < 1.29 is 19.1 Å². The van der Waals surface area contributed by atoms with Gasteiger partial charge in [0.2, 0.25) is 0 Å². The Morgan fingerprint density at radius 3 is 1.26 bits per heavy atom. The Morgan fingerprint density at radius 1 is 0.676 bits per heavy atom.